The molecule has 1 unspecified atom stereocenters. The van der Waals surface area contributed by atoms with E-state index in [1.165, 1.54) is 12.1 Å². The van der Waals surface area contributed by atoms with E-state index in [4.69, 9.17) is 5.11 Å². The number of nitro groups is 1. The van der Waals surface area contributed by atoms with E-state index in [1.807, 2.05) is 13.8 Å². The largest absolute Gasteiger partial charge is 0.396 e. The van der Waals surface area contributed by atoms with Crippen LogP contribution in [0.3, 0.4) is 0 Å². The lowest BCUT2D eigenvalue weighted by molar-refractivity contribution is -0.387. The summed E-state index contributed by atoms with van der Waals surface area (Å²) in [5, 5.41) is 23.0. The third-order valence-electron chi connectivity index (χ3n) is 3.82. The molecule has 19 heavy (non-hydrogen) atoms. The van der Waals surface area contributed by atoms with Crippen LogP contribution in [-0.2, 0) is 6.42 Å². The molecule has 0 bridgehead atoms. The van der Waals surface area contributed by atoms with Gasteiger partial charge in [0.15, 0.2) is 0 Å². The number of rotatable bonds is 4. The second kappa shape index (κ2) is 4.77. The fourth-order valence-electron chi connectivity index (χ4n) is 2.44. The van der Waals surface area contributed by atoms with Gasteiger partial charge >= 0.3 is 5.69 Å². The fraction of sp³-hybridized carbons (Fsp3) is 0.538. The van der Waals surface area contributed by atoms with Crippen molar-refractivity contribution in [2.75, 3.05) is 11.9 Å². The lowest BCUT2D eigenvalue weighted by Crippen LogP contribution is -2.35. The molecule has 0 radical (unpaired) electrons. The molecule has 5 nitrogen and oxygen atoms in total. The van der Waals surface area contributed by atoms with Crippen molar-refractivity contribution in [2.24, 2.45) is 5.41 Å². The number of nitrogens with zero attached hydrogens (tertiary/aromatic N) is 1. The van der Waals surface area contributed by atoms with E-state index in [-0.39, 0.29) is 18.1 Å². The van der Waals surface area contributed by atoms with Gasteiger partial charge in [0.25, 0.3) is 0 Å². The van der Waals surface area contributed by atoms with Gasteiger partial charge in [-0.1, -0.05) is 13.8 Å². The molecule has 0 saturated heterocycles. The minimum Gasteiger partial charge on any atom is -0.396 e. The number of nitro benzene ring substituents is 1. The molecule has 1 aliphatic heterocycles. The van der Waals surface area contributed by atoms with Crippen molar-refractivity contribution in [3.63, 3.8) is 0 Å². The molecule has 104 valence electrons. The van der Waals surface area contributed by atoms with Crippen molar-refractivity contribution in [3.05, 3.63) is 33.6 Å². The van der Waals surface area contributed by atoms with Gasteiger partial charge in [0, 0.05) is 30.5 Å². The Hall–Kier alpha value is -1.69. The minimum absolute atomic E-state index is 0.0380. The minimum atomic E-state index is -0.822. The van der Waals surface area contributed by atoms with Crippen LogP contribution in [0.4, 0.5) is 15.8 Å². The third kappa shape index (κ3) is 2.53. The first-order valence-corrected chi connectivity index (χ1v) is 6.19. The van der Waals surface area contributed by atoms with Crippen molar-refractivity contribution in [3.8, 4) is 0 Å². The van der Waals surface area contributed by atoms with Gasteiger partial charge in [0.1, 0.15) is 0 Å². The summed E-state index contributed by atoms with van der Waals surface area (Å²) < 4.78 is 13.5. The van der Waals surface area contributed by atoms with Gasteiger partial charge in [-0.2, -0.15) is 4.39 Å². The van der Waals surface area contributed by atoms with Crippen LogP contribution in [0.5, 0.6) is 0 Å². The van der Waals surface area contributed by atoms with Crippen LogP contribution in [-0.4, -0.2) is 22.7 Å². The molecule has 2 N–H and O–H groups in total. The van der Waals surface area contributed by atoms with Crippen molar-refractivity contribution in [1.82, 2.24) is 0 Å². The van der Waals surface area contributed by atoms with Crippen LogP contribution in [0.1, 0.15) is 25.8 Å². The summed E-state index contributed by atoms with van der Waals surface area (Å²) >= 11 is 0. The lowest BCUT2D eigenvalue weighted by atomic mass is 9.80. The van der Waals surface area contributed by atoms with Crippen molar-refractivity contribution in [1.29, 1.82) is 0 Å². The summed E-state index contributed by atoms with van der Waals surface area (Å²) in [6.45, 7) is 4.10. The van der Waals surface area contributed by atoms with Crippen LogP contribution in [0.2, 0.25) is 0 Å². The Balaban J connectivity index is 2.28. The number of anilines is 1. The number of halogens is 1. The Kier molecular flexibility index (Phi) is 3.45. The third-order valence-corrected chi connectivity index (χ3v) is 3.82. The quantitative estimate of drug-likeness (QED) is 0.649. The predicted molar refractivity (Wildman–Crippen MR) is 69.7 cm³/mol. The predicted octanol–water partition coefficient (Wildman–Crippen LogP) is 2.48. The molecule has 0 amide bonds. The Labute approximate surface area is 110 Å². The van der Waals surface area contributed by atoms with Gasteiger partial charge < -0.3 is 10.4 Å². The van der Waals surface area contributed by atoms with Gasteiger partial charge in [-0.25, -0.2) is 0 Å². The van der Waals surface area contributed by atoms with Gasteiger partial charge in [0.05, 0.1) is 4.92 Å². The molecule has 1 aliphatic rings. The topological polar surface area (TPSA) is 75.4 Å². The van der Waals surface area contributed by atoms with E-state index in [0.717, 1.165) is 5.56 Å². The number of aliphatic hydroxyl groups excluding tert-OH is 1. The summed E-state index contributed by atoms with van der Waals surface area (Å²) in [5.74, 6) is -0.822. The smallest absolute Gasteiger partial charge is 0.305 e. The van der Waals surface area contributed by atoms with Crippen molar-refractivity contribution < 1.29 is 14.4 Å². The summed E-state index contributed by atoms with van der Waals surface area (Å²) in [5.41, 5.74) is 0.711. The highest BCUT2D eigenvalue weighted by atomic mass is 19.1. The zero-order valence-electron chi connectivity index (χ0n) is 10.9. The van der Waals surface area contributed by atoms with Crippen LogP contribution in [0, 0.1) is 21.3 Å². The Morgan fingerprint density at radius 1 is 1.58 bits per heavy atom. The van der Waals surface area contributed by atoms with Gasteiger partial charge in [-0.15, -0.1) is 0 Å². The van der Waals surface area contributed by atoms with Crippen molar-refractivity contribution in [2.45, 2.75) is 32.7 Å². The first-order valence-electron chi connectivity index (χ1n) is 6.19. The number of nitrogens with one attached hydrogen (secondary N) is 1. The molecule has 0 aromatic heterocycles. The molecule has 0 saturated carbocycles. The highest BCUT2D eigenvalue weighted by molar-refractivity contribution is 5.61. The number of fused-ring (bicyclic) bond motifs is 1. The second-order valence-electron chi connectivity index (χ2n) is 5.58. The van der Waals surface area contributed by atoms with Gasteiger partial charge in [0.2, 0.25) is 5.82 Å². The molecule has 0 spiro atoms. The van der Waals surface area contributed by atoms with E-state index in [2.05, 4.69) is 5.32 Å². The van der Waals surface area contributed by atoms with E-state index in [0.29, 0.717) is 18.5 Å². The molecule has 1 aromatic rings. The molecule has 1 aromatic carbocycles. The normalized spacial score (nSPS) is 18.0. The van der Waals surface area contributed by atoms with Crippen LogP contribution < -0.4 is 5.32 Å². The highest BCUT2D eigenvalue weighted by Gasteiger charge is 2.35. The van der Waals surface area contributed by atoms with Crippen molar-refractivity contribution >= 4 is 11.4 Å². The summed E-state index contributed by atoms with van der Waals surface area (Å²) in [6, 6.07) is 2.52. The van der Waals surface area contributed by atoms with Gasteiger partial charge in [-0.3, -0.25) is 10.1 Å². The lowest BCUT2D eigenvalue weighted by Gasteiger charge is -2.31. The summed E-state index contributed by atoms with van der Waals surface area (Å²) in [7, 11) is 0. The molecular weight excluding hydrogens is 251 g/mol. The molecule has 1 atom stereocenters. The number of aliphatic hydroxyl groups is 1. The van der Waals surface area contributed by atoms with Gasteiger partial charge in [-0.05, 0) is 23.8 Å². The standard InChI is InChI=1S/C13H17FN2O3/c1-13(2,3-4-17)12-6-8-5-11(16(18)19)9(14)7-10(8)15-12/h5,7,12,15,17H,3-4,6H2,1-2H3. The maximum absolute atomic E-state index is 13.5. The zero-order valence-corrected chi connectivity index (χ0v) is 10.9. The Morgan fingerprint density at radius 3 is 2.84 bits per heavy atom. The number of hydrogen-bond donors (Lipinski definition) is 2. The van der Waals surface area contributed by atoms with Crippen LogP contribution in [0.25, 0.3) is 0 Å². The molecule has 1 heterocycles. The van der Waals surface area contributed by atoms with E-state index >= 15 is 0 Å². The molecule has 0 fully saturated rings. The number of benzene rings is 1. The molecule has 6 heteroatoms. The number of hydrogen-bond acceptors (Lipinski definition) is 4. The Morgan fingerprint density at radius 2 is 2.26 bits per heavy atom. The average Bonchev–Trinajstić information content (AvgIpc) is 2.70. The summed E-state index contributed by atoms with van der Waals surface area (Å²) in [4.78, 5) is 10.0. The highest BCUT2D eigenvalue weighted by Crippen LogP contribution is 2.38. The van der Waals surface area contributed by atoms with Crippen LogP contribution >= 0.6 is 0 Å². The van der Waals surface area contributed by atoms with Crippen LogP contribution in [0.15, 0.2) is 12.1 Å². The average molecular weight is 268 g/mol. The SMILES string of the molecule is CC(C)(CCO)C1Cc2cc([N+](=O)[O-])c(F)cc2N1. The monoisotopic (exact) mass is 268 g/mol. The van der Waals surface area contributed by atoms with E-state index in [1.54, 1.807) is 0 Å². The second-order valence-corrected chi connectivity index (χ2v) is 5.58. The summed E-state index contributed by atoms with van der Waals surface area (Å²) in [6.07, 6.45) is 1.21. The maximum Gasteiger partial charge on any atom is 0.305 e. The first kappa shape index (κ1) is 13.7. The Bertz CT molecular complexity index is 517. The molecule has 2 rings (SSSR count). The molecular formula is C13H17FN2O3. The zero-order chi connectivity index (χ0) is 14.2. The molecule has 0 aliphatic carbocycles. The maximum atomic E-state index is 13.5. The first-order chi connectivity index (χ1) is 8.85. The van der Waals surface area contributed by atoms with E-state index in [9.17, 15) is 14.5 Å². The fourth-order valence-corrected chi connectivity index (χ4v) is 2.44. The van der Waals surface area contributed by atoms with E-state index < -0.39 is 16.4 Å².